The first kappa shape index (κ1) is 20.4. The second kappa shape index (κ2) is 9.30. The molecule has 30 heavy (non-hydrogen) atoms. The molecule has 0 bridgehead atoms. The van der Waals surface area contributed by atoms with Gasteiger partial charge in [0.05, 0.1) is 10.4 Å². The molecule has 1 aliphatic carbocycles. The van der Waals surface area contributed by atoms with E-state index < -0.39 is 5.76 Å². The Morgan fingerprint density at radius 2 is 1.87 bits per heavy atom. The summed E-state index contributed by atoms with van der Waals surface area (Å²) in [4.78, 5) is 38.4. The van der Waals surface area contributed by atoms with E-state index in [-0.39, 0.29) is 18.2 Å². The molecule has 0 radical (unpaired) electrons. The van der Waals surface area contributed by atoms with Crippen molar-refractivity contribution in [2.45, 2.75) is 57.9 Å². The summed E-state index contributed by atoms with van der Waals surface area (Å²) in [5.74, 6) is -1.01. The second-order valence-corrected chi connectivity index (χ2v) is 8.70. The molecule has 0 unspecified atom stereocenters. The number of aryl methyl sites for hydroxylation is 3. The molecule has 0 saturated heterocycles. The number of carbonyl (C=O) groups excluding carboxylic acids is 2. The van der Waals surface area contributed by atoms with Gasteiger partial charge >= 0.3 is 5.76 Å². The van der Waals surface area contributed by atoms with Crippen LogP contribution in [0.5, 0.6) is 0 Å². The quantitative estimate of drug-likeness (QED) is 0.609. The van der Waals surface area contributed by atoms with E-state index in [0.29, 0.717) is 28.9 Å². The van der Waals surface area contributed by atoms with E-state index in [0.717, 1.165) is 19.3 Å². The van der Waals surface area contributed by atoms with Gasteiger partial charge in [0.2, 0.25) is 5.91 Å². The maximum atomic E-state index is 12.4. The van der Waals surface area contributed by atoms with Crippen LogP contribution in [0, 0.1) is 0 Å². The predicted molar refractivity (Wildman–Crippen MR) is 116 cm³/mol. The maximum Gasteiger partial charge on any atom is 0.419 e. The van der Waals surface area contributed by atoms with Gasteiger partial charge in [0, 0.05) is 17.8 Å². The molecule has 0 aliphatic heterocycles. The summed E-state index contributed by atoms with van der Waals surface area (Å²) in [6.45, 7) is 0.370. The van der Waals surface area contributed by atoms with Crippen molar-refractivity contribution in [2.24, 2.45) is 0 Å². The van der Waals surface area contributed by atoms with E-state index in [1.807, 2.05) is 18.2 Å². The number of thiophene rings is 1. The van der Waals surface area contributed by atoms with E-state index in [2.05, 4.69) is 10.9 Å². The van der Waals surface area contributed by atoms with E-state index in [1.54, 1.807) is 12.1 Å². The third-order valence-corrected chi connectivity index (χ3v) is 6.63. The third-order valence-electron chi connectivity index (χ3n) is 5.40. The van der Waals surface area contributed by atoms with Crippen molar-refractivity contribution in [3.8, 4) is 0 Å². The van der Waals surface area contributed by atoms with Gasteiger partial charge in [-0.05, 0) is 55.9 Å². The van der Waals surface area contributed by atoms with Crippen molar-refractivity contribution in [3.63, 3.8) is 0 Å². The fourth-order valence-electron chi connectivity index (χ4n) is 3.83. The van der Waals surface area contributed by atoms with Gasteiger partial charge in [-0.3, -0.25) is 25.0 Å². The summed E-state index contributed by atoms with van der Waals surface area (Å²) < 4.78 is 6.70. The summed E-state index contributed by atoms with van der Waals surface area (Å²) in [5.41, 5.74) is 7.50. The van der Waals surface area contributed by atoms with Crippen LogP contribution >= 0.6 is 11.3 Å². The van der Waals surface area contributed by atoms with Gasteiger partial charge in [-0.2, -0.15) is 0 Å². The molecular formula is C22H25N3O4S. The number of oxazole rings is 1. The Hall–Kier alpha value is -2.87. The molecule has 2 aromatic heterocycles. The van der Waals surface area contributed by atoms with Crippen LogP contribution in [0.3, 0.4) is 0 Å². The Kier molecular flexibility index (Phi) is 6.32. The number of fused-ring (bicyclic) bond motifs is 2. The van der Waals surface area contributed by atoms with Crippen LogP contribution in [0.15, 0.2) is 39.5 Å². The molecule has 3 aromatic rings. The van der Waals surface area contributed by atoms with E-state index in [9.17, 15) is 14.4 Å². The topological polar surface area (TPSA) is 93.3 Å². The highest BCUT2D eigenvalue weighted by Gasteiger charge is 2.16. The first-order chi connectivity index (χ1) is 14.6. The van der Waals surface area contributed by atoms with Crippen LogP contribution in [0.1, 0.15) is 58.6 Å². The number of para-hydroxylation sites is 2. The van der Waals surface area contributed by atoms with Crippen LogP contribution in [-0.2, 0) is 24.2 Å². The number of nitrogens with zero attached hydrogens (tertiary/aromatic N) is 1. The van der Waals surface area contributed by atoms with Crippen LogP contribution in [-0.4, -0.2) is 16.4 Å². The molecule has 7 nitrogen and oxygen atoms in total. The average molecular weight is 428 g/mol. The minimum atomic E-state index is -0.432. The Labute approximate surface area is 178 Å². The Balaban J connectivity index is 1.26. The molecule has 1 aromatic carbocycles. The van der Waals surface area contributed by atoms with Crippen molar-refractivity contribution in [1.82, 2.24) is 15.4 Å². The fraction of sp³-hybridized carbons (Fsp3) is 0.409. The van der Waals surface area contributed by atoms with Gasteiger partial charge in [-0.15, -0.1) is 11.3 Å². The lowest BCUT2D eigenvalue weighted by Gasteiger charge is -2.07. The standard InChI is InChI=1S/C22H25N3O4S/c26-20(12-7-13-25-16-9-5-6-10-17(16)29-22(25)28)23-24-21(27)19-14-15-8-3-1-2-4-11-18(15)30-19/h5-6,9-10,14H,1-4,7-8,11-13H2,(H,23,26)(H,24,27). The van der Waals surface area contributed by atoms with Gasteiger partial charge in [0.1, 0.15) is 0 Å². The zero-order chi connectivity index (χ0) is 20.9. The average Bonchev–Trinajstić information content (AvgIpc) is 3.26. The summed E-state index contributed by atoms with van der Waals surface area (Å²) in [5, 5.41) is 0. The third kappa shape index (κ3) is 4.64. The Bertz CT molecular complexity index is 1090. The summed E-state index contributed by atoms with van der Waals surface area (Å²) >= 11 is 1.52. The predicted octanol–water partition coefficient (Wildman–Crippen LogP) is 3.56. The molecule has 0 saturated carbocycles. The number of aromatic nitrogens is 1. The lowest BCUT2D eigenvalue weighted by atomic mass is 10.00. The number of amides is 2. The Morgan fingerprint density at radius 1 is 1.07 bits per heavy atom. The lowest BCUT2D eigenvalue weighted by Crippen LogP contribution is -2.41. The molecule has 8 heteroatoms. The molecular weight excluding hydrogens is 402 g/mol. The largest absolute Gasteiger partial charge is 0.419 e. The second-order valence-electron chi connectivity index (χ2n) is 7.57. The number of hydrazine groups is 1. The number of rotatable bonds is 5. The van der Waals surface area contributed by atoms with Crippen molar-refractivity contribution in [3.05, 3.63) is 56.2 Å². The van der Waals surface area contributed by atoms with E-state index in [4.69, 9.17) is 4.42 Å². The molecule has 158 valence electrons. The van der Waals surface area contributed by atoms with Crippen LogP contribution in [0.2, 0.25) is 0 Å². The van der Waals surface area contributed by atoms with Gasteiger partial charge in [0.15, 0.2) is 5.58 Å². The minimum Gasteiger partial charge on any atom is -0.408 e. The maximum absolute atomic E-state index is 12.4. The van der Waals surface area contributed by atoms with Gasteiger partial charge in [0.25, 0.3) is 5.91 Å². The van der Waals surface area contributed by atoms with Crippen molar-refractivity contribution in [2.75, 3.05) is 0 Å². The summed E-state index contributed by atoms with van der Waals surface area (Å²) in [6, 6.07) is 9.15. The highest BCUT2D eigenvalue weighted by molar-refractivity contribution is 7.14. The van der Waals surface area contributed by atoms with Gasteiger partial charge in [-0.25, -0.2) is 4.79 Å². The number of carbonyl (C=O) groups is 2. The molecule has 0 atom stereocenters. The van der Waals surface area contributed by atoms with Crippen molar-refractivity contribution < 1.29 is 14.0 Å². The molecule has 1 aliphatic rings. The zero-order valence-corrected chi connectivity index (χ0v) is 17.6. The number of nitrogens with one attached hydrogen (secondary N) is 2. The zero-order valence-electron chi connectivity index (χ0n) is 16.7. The van der Waals surface area contributed by atoms with Crippen LogP contribution in [0.4, 0.5) is 0 Å². The number of benzene rings is 1. The minimum absolute atomic E-state index is 0.188. The van der Waals surface area contributed by atoms with Crippen LogP contribution < -0.4 is 16.6 Å². The van der Waals surface area contributed by atoms with Crippen LogP contribution in [0.25, 0.3) is 11.1 Å². The fourth-order valence-corrected chi connectivity index (χ4v) is 4.98. The van der Waals surface area contributed by atoms with E-state index >= 15 is 0 Å². The molecule has 2 amide bonds. The van der Waals surface area contributed by atoms with E-state index in [1.165, 1.54) is 45.6 Å². The highest BCUT2D eigenvalue weighted by atomic mass is 32.1. The highest BCUT2D eigenvalue weighted by Crippen LogP contribution is 2.28. The number of hydrogen-bond acceptors (Lipinski definition) is 5. The lowest BCUT2D eigenvalue weighted by molar-refractivity contribution is -0.122. The molecule has 4 rings (SSSR count). The Morgan fingerprint density at radius 3 is 2.73 bits per heavy atom. The van der Waals surface area contributed by atoms with Gasteiger partial charge < -0.3 is 4.42 Å². The number of hydrogen-bond donors (Lipinski definition) is 2. The first-order valence-corrected chi connectivity index (χ1v) is 11.2. The van der Waals surface area contributed by atoms with Crippen molar-refractivity contribution >= 4 is 34.3 Å². The van der Waals surface area contributed by atoms with Crippen molar-refractivity contribution in [1.29, 1.82) is 0 Å². The molecule has 2 heterocycles. The first-order valence-electron chi connectivity index (χ1n) is 10.4. The monoisotopic (exact) mass is 427 g/mol. The summed E-state index contributed by atoms with van der Waals surface area (Å²) in [6.07, 6.45) is 7.51. The molecule has 0 spiro atoms. The smallest absolute Gasteiger partial charge is 0.408 e. The SMILES string of the molecule is O=C(CCCn1c(=O)oc2ccccc21)NNC(=O)c1cc2c(s1)CCCCCC2. The molecule has 0 fully saturated rings. The summed E-state index contributed by atoms with van der Waals surface area (Å²) in [7, 11) is 0. The molecule has 2 N–H and O–H groups in total. The van der Waals surface area contributed by atoms with Gasteiger partial charge in [-0.1, -0.05) is 25.0 Å². The normalized spacial score (nSPS) is 14.0.